The van der Waals surface area contributed by atoms with Gasteiger partial charge in [0.15, 0.2) is 0 Å². The highest BCUT2D eigenvalue weighted by atomic mass is 35.5. The first-order valence-electron chi connectivity index (χ1n) is 5.87. The summed E-state index contributed by atoms with van der Waals surface area (Å²) in [5, 5.41) is 0.374. The van der Waals surface area contributed by atoms with Gasteiger partial charge in [0.1, 0.15) is 0 Å². The summed E-state index contributed by atoms with van der Waals surface area (Å²) in [6, 6.07) is 5.00. The maximum Gasteiger partial charge on any atom is 0.293 e. The summed E-state index contributed by atoms with van der Waals surface area (Å²) in [6.07, 6.45) is 2.03. The molecule has 0 amide bonds. The van der Waals surface area contributed by atoms with Crippen molar-refractivity contribution in [2.75, 3.05) is 13.2 Å². The van der Waals surface area contributed by atoms with Crippen LogP contribution in [0.25, 0.3) is 0 Å². The topological polar surface area (TPSA) is 22.1 Å². The number of aromatic nitrogens is 1. The van der Waals surface area contributed by atoms with E-state index in [-0.39, 0.29) is 12.8 Å². The molecule has 0 N–H and O–H groups in total. The van der Waals surface area contributed by atoms with Crippen molar-refractivity contribution >= 4 is 35.0 Å². The van der Waals surface area contributed by atoms with Crippen LogP contribution in [-0.4, -0.2) is 27.8 Å². The zero-order valence-corrected chi connectivity index (χ0v) is 12.3. The average Bonchev–Trinajstić information content (AvgIpc) is 2.40. The normalized spacial score (nSPS) is 18.5. The molecule has 2 rings (SSSR count). The van der Waals surface area contributed by atoms with Crippen LogP contribution in [0.3, 0.4) is 0 Å². The number of halogens is 4. The number of ether oxygens (including phenoxy) is 1. The molecule has 0 saturated carbocycles. The molecule has 0 spiro atoms. The molecule has 1 aromatic rings. The number of pyridine rings is 1. The Morgan fingerprint density at radius 3 is 2.53 bits per heavy atom. The Hall–Kier alpha value is -0.100. The van der Waals surface area contributed by atoms with Crippen LogP contribution in [0.4, 0.5) is 8.78 Å². The Morgan fingerprint density at radius 1 is 1.26 bits per heavy atom. The number of thioether (sulfide) groups is 1. The van der Waals surface area contributed by atoms with E-state index >= 15 is 0 Å². The van der Waals surface area contributed by atoms with Crippen molar-refractivity contribution in [1.29, 1.82) is 0 Å². The SMILES string of the molecule is FC(F)(C1CCOCC1)C(Cl)(Cl)Sc1ccccn1. The van der Waals surface area contributed by atoms with Crippen molar-refractivity contribution in [2.45, 2.75) is 27.5 Å². The highest BCUT2D eigenvalue weighted by molar-refractivity contribution is 8.03. The van der Waals surface area contributed by atoms with Crippen molar-refractivity contribution in [3.05, 3.63) is 24.4 Å². The summed E-state index contributed by atoms with van der Waals surface area (Å²) in [7, 11) is 0. The summed E-state index contributed by atoms with van der Waals surface area (Å²) < 4.78 is 31.7. The van der Waals surface area contributed by atoms with Gasteiger partial charge in [-0.3, -0.25) is 0 Å². The largest absolute Gasteiger partial charge is 0.381 e. The lowest BCUT2D eigenvalue weighted by Gasteiger charge is -2.36. The average molecular weight is 328 g/mol. The lowest BCUT2D eigenvalue weighted by atomic mass is 9.94. The van der Waals surface area contributed by atoms with E-state index in [0.29, 0.717) is 30.0 Å². The summed E-state index contributed by atoms with van der Waals surface area (Å²) in [5.41, 5.74) is 0. The minimum Gasteiger partial charge on any atom is -0.381 e. The molecule has 0 radical (unpaired) electrons. The third-order valence-electron chi connectivity index (χ3n) is 2.99. The molecule has 0 aliphatic carbocycles. The third kappa shape index (κ3) is 3.51. The van der Waals surface area contributed by atoms with E-state index in [0.717, 1.165) is 0 Å². The van der Waals surface area contributed by atoms with Gasteiger partial charge in [-0.05, 0) is 25.0 Å². The van der Waals surface area contributed by atoms with Crippen LogP contribution in [-0.2, 0) is 4.74 Å². The van der Waals surface area contributed by atoms with Crippen molar-refractivity contribution < 1.29 is 13.5 Å². The molecule has 0 atom stereocenters. The summed E-state index contributed by atoms with van der Waals surface area (Å²) in [4.78, 5) is 3.96. The number of rotatable bonds is 4. The predicted octanol–water partition coefficient (Wildman–Crippen LogP) is 4.37. The maximum atomic E-state index is 14.4. The quantitative estimate of drug-likeness (QED) is 0.605. The van der Waals surface area contributed by atoms with Crippen LogP contribution in [0.1, 0.15) is 12.8 Å². The van der Waals surface area contributed by atoms with Crippen molar-refractivity contribution in [3.63, 3.8) is 0 Å². The second kappa shape index (κ2) is 6.12. The van der Waals surface area contributed by atoms with Gasteiger partial charge in [-0.25, -0.2) is 13.8 Å². The molecule has 2 heterocycles. The molecule has 19 heavy (non-hydrogen) atoms. The van der Waals surface area contributed by atoms with E-state index in [1.807, 2.05) is 0 Å². The lowest BCUT2D eigenvalue weighted by molar-refractivity contribution is -0.0914. The fourth-order valence-corrected chi connectivity index (χ4v) is 3.51. The first kappa shape index (κ1) is 15.3. The highest BCUT2D eigenvalue weighted by Crippen LogP contribution is 2.54. The number of alkyl halides is 4. The molecule has 0 unspecified atom stereocenters. The number of nitrogens with zero attached hydrogens (tertiary/aromatic N) is 1. The van der Waals surface area contributed by atoms with E-state index < -0.39 is 15.5 Å². The van der Waals surface area contributed by atoms with E-state index in [1.54, 1.807) is 18.2 Å². The minimum atomic E-state index is -3.21. The summed E-state index contributed by atoms with van der Waals surface area (Å²) in [5.74, 6) is -4.07. The Kier molecular flexibility index (Phi) is 4.93. The number of hydrogen-bond acceptors (Lipinski definition) is 3. The maximum absolute atomic E-state index is 14.4. The molecule has 1 aliphatic heterocycles. The van der Waals surface area contributed by atoms with Gasteiger partial charge in [0, 0.05) is 25.3 Å². The second-order valence-electron chi connectivity index (χ2n) is 4.30. The molecule has 0 bridgehead atoms. The lowest BCUT2D eigenvalue weighted by Crippen LogP contribution is -2.45. The Balaban J connectivity index is 2.12. The van der Waals surface area contributed by atoms with Gasteiger partial charge < -0.3 is 4.74 Å². The van der Waals surface area contributed by atoms with Crippen molar-refractivity contribution in [2.24, 2.45) is 5.92 Å². The van der Waals surface area contributed by atoms with Crippen LogP contribution in [0.15, 0.2) is 29.4 Å². The Labute approximate surface area is 124 Å². The number of hydrogen-bond donors (Lipinski definition) is 0. The first-order chi connectivity index (χ1) is 8.93. The molecule has 1 saturated heterocycles. The van der Waals surface area contributed by atoms with Gasteiger partial charge in [-0.2, -0.15) is 0 Å². The fraction of sp³-hybridized carbons (Fsp3) is 0.583. The van der Waals surface area contributed by atoms with Crippen LogP contribution in [0, 0.1) is 5.92 Å². The highest BCUT2D eigenvalue weighted by Gasteiger charge is 2.57. The van der Waals surface area contributed by atoms with Crippen molar-refractivity contribution in [3.8, 4) is 0 Å². The van der Waals surface area contributed by atoms with E-state index in [1.165, 1.54) is 6.20 Å². The molecule has 106 valence electrons. The zero-order chi connectivity index (χ0) is 13.9. The molecule has 7 heteroatoms. The second-order valence-corrected chi connectivity index (χ2v) is 7.31. The predicted molar refractivity (Wildman–Crippen MR) is 73.0 cm³/mol. The molecule has 1 aromatic heterocycles. The van der Waals surface area contributed by atoms with Gasteiger partial charge in [0.05, 0.1) is 5.03 Å². The fourth-order valence-electron chi connectivity index (χ4n) is 1.90. The summed E-state index contributed by atoms with van der Waals surface area (Å²) >= 11 is 12.5. The van der Waals surface area contributed by atoms with Crippen LogP contribution >= 0.6 is 35.0 Å². The Bertz CT molecular complexity index is 413. The molecular weight excluding hydrogens is 315 g/mol. The minimum absolute atomic E-state index is 0.261. The van der Waals surface area contributed by atoms with Gasteiger partial charge >= 0.3 is 0 Å². The van der Waals surface area contributed by atoms with Gasteiger partial charge in [0.2, 0.25) is 3.67 Å². The zero-order valence-electron chi connectivity index (χ0n) is 9.99. The molecule has 1 fully saturated rings. The van der Waals surface area contributed by atoms with Gasteiger partial charge in [-0.15, -0.1) is 0 Å². The van der Waals surface area contributed by atoms with E-state index in [4.69, 9.17) is 27.9 Å². The molecule has 2 nitrogen and oxygen atoms in total. The van der Waals surface area contributed by atoms with Crippen molar-refractivity contribution in [1.82, 2.24) is 4.98 Å². The van der Waals surface area contributed by atoms with Crippen LogP contribution in [0.5, 0.6) is 0 Å². The molecule has 0 aromatic carbocycles. The standard InChI is InChI=1S/C12H13Cl2F2NOS/c13-12(14,19-10-3-1-2-6-17-10)11(15,16)9-4-7-18-8-5-9/h1-3,6,9H,4-5,7-8H2. The Morgan fingerprint density at radius 2 is 1.95 bits per heavy atom. The molecule has 1 aliphatic rings. The van der Waals surface area contributed by atoms with Crippen LogP contribution < -0.4 is 0 Å². The monoisotopic (exact) mass is 327 g/mol. The summed E-state index contributed by atoms with van der Waals surface area (Å²) in [6.45, 7) is 0.636. The van der Waals surface area contributed by atoms with Gasteiger partial charge in [0.25, 0.3) is 5.92 Å². The van der Waals surface area contributed by atoms with E-state index in [2.05, 4.69) is 4.98 Å². The third-order valence-corrected chi connectivity index (χ3v) is 4.94. The van der Waals surface area contributed by atoms with Gasteiger partial charge in [-0.1, -0.05) is 41.0 Å². The molecular formula is C12H13Cl2F2NOS. The van der Waals surface area contributed by atoms with Crippen LogP contribution in [0.2, 0.25) is 0 Å². The van der Waals surface area contributed by atoms with E-state index in [9.17, 15) is 8.78 Å². The first-order valence-corrected chi connectivity index (χ1v) is 7.44. The smallest absolute Gasteiger partial charge is 0.293 e.